The van der Waals surface area contributed by atoms with E-state index in [9.17, 15) is 19.8 Å². The molecular formula is C22H24N4O5. The number of nitrogens with zero attached hydrogens (tertiary/aromatic N) is 3. The Labute approximate surface area is 178 Å². The predicted molar refractivity (Wildman–Crippen MR) is 114 cm³/mol. The van der Waals surface area contributed by atoms with Gasteiger partial charge in [0.05, 0.1) is 22.9 Å². The number of phenolic OH excluding ortho intramolecular Hbond substituents is 2. The van der Waals surface area contributed by atoms with Gasteiger partial charge in [-0.1, -0.05) is 18.2 Å². The number of aromatic hydroxyl groups is 2. The second-order valence-electron chi connectivity index (χ2n) is 7.68. The summed E-state index contributed by atoms with van der Waals surface area (Å²) >= 11 is 0. The summed E-state index contributed by atoms with van der Waals surface area (Å²) in [6.07, 6.45) is 1.79. The van der Waals surface area contributed by atoms with Gasteiger partial charge in [0.25, 0.3) is 5.91 Å². The number of amides is 1. The topological polar surface area (TPSA) is 121 Å². The molecule has 2 aromatic carbocycles. The fourth-order valence-electron chi connectivity index (χ4n) is 3.83. The van der Waals surface area contributed by atoms with E-state index in [1.54, 1.807) is 19.2 Å². The molecule has 9 heteroatoms. The van der Waals surface area contributed by atoms with Gasteiger partial charge in [-0.05, 0) is 37.5 Å². The molecule has 1 atom stereocenters. The maximum atomic E-state index is 13.0. The Bertz CT molecular complexity index is 1180. The number of carbonyl (C=O) groups is 1. The third-order valence-corrected chi connectivity index (χ3v) is 5.46. The molecule has 3 aromatic rings. The first-order valence-electron chi connectivity index (χ1n) is 10.0. The van der Waals surface area contributed by atoms with E-state index >= 15 is 0 Å². The van der Waals surface area contributed by atoms with Crippen LogP contribution in [0, 0.1) is 6.92 Å². The third kappa shape index (κ3) is 3.91. The molecule has 1 saturated heterocycles. The molecule has 31 heavy (non-hydrogen) atoms. The Morgan fingerprint density at radius 2 is 2.06 bits per heavy atom. The first kappa shape index (κ1) is 20.7. The zero-order chi connectivity index (χ0) is 22.1. The van der Waals surface area contributed by atoms with Crippen LogP contribution in [0.15, 0.2) is 41.2 Å². The summed E-state index contributed by atoms with van der Waals surface area (Å²) in [6.45, 7) is 2.92. The lowest BCUT2D eigenvalue weighted by atomic mass is 10.1. The summed E-state index contributed by atoms with van der Waals surface area (Å²) in [4.78, 5) is 27.0. The third-order valence-electron chi connectivity index (χ3n) is 5.46. The van der Waals surface area contributed by atoms with Crippen LogP contribution in [0.4, 0.5) is 0 Å². The Morgan fingerprint density at radius 1 is 1.29 bits per heavy atom. The molecule has 1 amide bonds. The molecule has 4 rings (SSSR count). The van der Waals surface area contributed by atoms with Gasteiger partial charge in [0, 0.05) is 26.3 Å². The average Bonchev–Trinajstić information content (AvgIpc) is 3.38. The first-order valence-corrected chi connectivity index (χ1v) is 10.0. The molecule has 0 radical (unpaired) electrons. The number of phenols is 2. The first-order chi connectivity index (χ1) is 14.9. The SMILES string of the molecule is Cc1ccccc1-n1c(-c2cc(C(=O)N(C)CC3CCCO3)c(O)cc2O)n[nH]c1=O. The van der Waals surface area contributed by atoms with Crippen molar-refractivity contribution >= 4 is 5.91 Å². The Balaban J connectivity index is 1.75. The number of benzene rings is 2. The summed E-state index contributed by atoms with van der Waals surface area (Å²) in [5, 5.41) is 27.3. The number of hydrogen-bond acceptors (Lipinski definition) is 6. The molecule has 0 aliphatic carbocycles. The molecular weight excluding hydrogens is 400 g/mol. The highest BCUT2D eigenvalue weighted by Crippen LogP contribution is 2.35. The molecule has 2 heterocycles. The van der Waals surface area contributed by atoms with Crippen molar-refractivity contribution in [1.29, 1.82) is 0 Å². The monoisotopic (exact) mass is 424 g/mol. The quantitative estimate of drug-likeness (QED) is 0.577. The lowest BCUT2D eigenvalue weighted by molar-refractivity contribution is 0.0585. The normalized spacial score (nSPS) is 15.9. The second kappa shape index (κ2) is 8.27. The number of carbonyl (C=O) groups excluding carboxylic acids is 1. The van der Waals surface area contributed by atoms with Gasteiger partial charge in [0.2, 0.25) is 0 Å². The minimum absolute atomic E-state index is 0.0000736. The van der Waals surface area contributed by atoms with Gasteiger partial charge < -0.3 is 19.8 Å². The number of H-pyrrole nitrogens is 1. The van der Waals surface area contributed by atoms with Gasteiger partial charge in [0.1, 0.15) is 11.5 Å². The van der Waals surface area contributed by atoms with E-state index in [4.69, 9.17) is 4.74 Å². The Kier molecular flexibility index (Phi) is 5.51. The molecule has 162 valence electrons. The van der Waals surface area contributed by atoms with Crippen LogP contribution >= 0.6 is 0 Å². The zero-order valence-corrected chi connectivity index (χ0v) is 17.3. The highest BCUT2D eigenvalue weighted by Gasteiger charge is 2.25. The van der Waals surface area contributed by atoms with Crippen LogP contribution in [-0.2, 0) is 4.74 Å². The maximum Gasteiger partial charge on any atom is 0.348 e. The van der Waals surface area contributed by atoms with Crippen LogP contribution in [0.25, 0.3) is 17.1 Å². The van der Waals surface area contributed by atoms with E-state index in [-0.39, 0.29) is 34.6 Å². The van der Waals surface area contributed by atoms with E-state index in [1.165, 1.54) is 15.5 Å². The van der Waals surface area contributed by atoms with Gasteiger partial charge in [-0.15, -0.1) is 0 Å². The van der Waals surface area contributed by atoms with E-state index in [0.717, 1.165) is 24.5 Å². The number of aromatic amines is 1. The van der Waals surface area contributed by atoms with Crippen molar-refractivity contribution in [3.05, 3.63) is 58.0 Å². The minimum Gasteiger partial charge on any atom is -0.507 e. The fraction of sp³-hybridized carbons (Fsp3) is 0.318. The van der Waals surface area contributed by atoms with E-state index in [0.29, 0.717) is 18.8 Å². The molecule has 1 aliphatic heterocycles. The Hall–Kier alpha value is -3.59. The van der Waals surface area contributed by atoms with Crippen LogP contribution in [0.3, 0.4) is 0 Å². The molecule has 3 N–H and O–H groups in total. The van der Waals surface area contributed by atoms with Crippen molar-refractivity contribution in [3.8, 4) is 28.6 Å². The van der Waals surface area contributed by atoms with E-state index in [1.807, 2.05) is 19.1 Å². The number of likely N-dealkylation sites (N-methyl/N-ethyl adjacent to an activating group) is 1. The number of nitrogens with one attached hydrogen (secondary N) is 1. The lowest BCUT2D eigenvalue weighted by Gasteiger charge is -2.21. The number of rotatable bonds is 5. The van der Waals surface area contributed by atoms with Crippen molar-refractivity contribution < 1.29 is 19.7 Å². The summed E-state index contributed by atoms with van der Waals surface area (Å²) in [5.74, 6) is -0.947. The van der Waals surface area contributed by atoms with Gasteiger partial charge in [-0.2, -0.15) is 5.10 Å². The van der Waals surface area contributed by atoms with Gasteiger partial charge in [0.15, 0.2) is 5.82 Å². The highest BCUT2D eigenvalue weighted by molar-refractivity contribution is 5.98. The van der Waals surface area contributed by atoms with Crippen LogP contribution < -0.4 is 5.69 Å². The fourth-order valence-corrected chi connectivity index (χ4v) is 3.83. The summed E-state index contributed by atoms with van der Waals surface area (Å²) in [5.41, 5.74) is 1.08. The summed E-state index contributed by atoms with van der Waals surface area (Å²) < 4.78 is 6.91. The molecule has 1 unspecified atom stereocenters. The molecule has 0 spiro atoms. The van der Waals surface area contributed by atoms with Crippen molar-refractivity contribution in [1.82, 2.24) is 19.7 Å². The largest absolute Gasteiger partial charge is 0.507 e. The molecule has 1 aromatic heterocycles. The average molecular weight is 424 g/mol. The number of ether oxygens (including phenoxy) is 1. The van der Waals surface area contributed by atoms with Crippen LogP contribution in [-0.4, -0.2) is 62.1 Å². The maximum absolute atomic E-state index is 13.0. The molecule has 1 fully saturated rings. The predicted octanol–water partition coefficient (Wildman–Crippen LogP) is 2.20. The molecule has 0 saturated carbocycles. The molecule has 9 nitrogen and oxygen atoms in total. The molecule has 0 bridgehead atoms. The van der Waals surface area contributed by atoms with E-state index < -0.39 is 11.6 Å². The molecule has 1 aliphatic rings. The van der Waals surface area contributed by atoms with Crippen LogP contribution in [0.5, 0.6) is 11.5 Å². The highest BCUT2D eigenvalue weighted by atomic mass is 16.5. The summed E-state index contributed by atoms with van der Waals surface area (Å²) in [7, 11) is 1.63. The van der Waals surface area contributed by atoms with Gasteiger partial charge in [-0.25, -0.2) is 14.5 Å². The second-order valence-corrected chi connectivity index (χ2v) is 7.68. The van der Waals surface area contributed by atoms with E-state index in [2.05, 4.69) is 10.2 Å². The van der Waals surface area contributed by atoms with Crippen molar-refractivity contribution in [3.63, 3.8) is 0 Å². The summed E-state index contributed by atoms with van der Waals surface area (Å²) in [6, 6.07) is 9.69. The van der Waals surface area contributed by atoms with Gasteiger partial charge >= 0.3 is 5.69 Å². The van der Waals surface area contributed by atoms with Crippen LogP contribution in [0.1, 0.15) is 28.8 Å². The number of hydrogen-bond donors (Lipinski definition) is 3. The Morgan fingerprint density at radius 3 is 2.77 bits per heavy atom. The number of aromatic nitrogens is 3. The zero-order valence-electron chi connectivity index (χ0n) is 17.3. The lowest BCUT2D eigenvalue weighted by Crippen LogP contribution is -2.34. The standard InChI is InChI=1S/C22H24N4O5/c1-13-6-3-4-8-17(13)26-20(23-24-22(26)30)15-10-16(19(28)11-18(15)27)21(29)25(2)12-14-7-5-9-31-14/h3-4,6,8,10-11,14,27-28H,5,7,9,12H2,1-2H3,(H,24,30). The van der Waals surface area contributed by atoms with Gasteiger partial charge in [-0.3, -0.25) is 4.79 Å². The van der Waals surface area contributed by atoms with Crippen molar-refractivity contribution in [2.45, 2.75) is 25.9 Å². The van der Waals surface area contributed by atoms with Crippen molar-refractivity contribution in [2.75, 3.05) is 20.2 Å². The van der Waals surface area contributed by atoms with Crippen LogP contribution in [0.2, 0.25) is 0 Å². The number of aryl methyl sites for hydroxylation is 1. The smallest absolute Gasteiger partial charge is 0.348 e. The van der Waals surface area contributed by atoms with Crippen molar-refractivity contribution in [2.24, 2.45) is 0 Å². The number of para-hydroxylation sites is 1. The minimum atomic E-state index is -0.486.